The number of aliphatic hydroxyl groups excluding tert-OH is 1. The third kappa shape index (κ3) is 2.75. The van der Waals surface area contributed by atoms with E-state index in [2.05, 4.69) is 17.5 Å². The quantitative estimate of drug-likeness (QED) is 0.858. The molecule has 1 aromatic heterocycles. The van der Waals surface area contributed by atoms with E-state index < -0.39 is 0 Å². The maximum absolute atomic E-state index is 10.0. The van der Waals surface area contributed by atoms with Crippen molar-refractivity contribution in [1.82, 2.24) is 0 Å². The molecule has 1 aromatic rings. The second-order valence-electron chi connectivity index (χ2n) is 3.83. The van der Waals surface area contributed by atoms with Crippen molar-refractivity contribution in [2.75, 3.05) is 11.5 Å². The van der Waals surface area contributed by atoms with Crippen LogP contribution in [0.3, 0.4) is 0 Å². The highest BCUT2D eigenvalue weighted by atomic mass is 32.2. The van der Waals surface area contributed by atoms with E-state index in [4.69, 9.17) is 0 Å². The van der Waals surface area contributed by atoms with Crippen LogP contribution in [0.25, 0.3) is 0 Å². The monoisotopic (exact) mass is 228 g/mol. The lowest BCUT2D eigenvalue weighted by Gasteiger charge is -2.25. The Labute approximate surface area is 93.5 Å². The molecule has 0 spiro atoms. The molecular weight excluding hydrogens is 212 g/mol. The third-order valence-corrected chi connectivity index (χ3v) is 4.87. The van der Waals surface area contributed by atoms with Crippen LogP contribution in [0.2, 0.25) is 0 Å². The van der Waals surface area contributed by atoms with Gasteiger partial charge in [-0.25, -0.2) is 0 Å². The van der Waals surface area contributed by atoms with Gasteiger partial charge in [-0.2, -0.15) is 11.8 Å². The van der Waals surface area contributed by atoms with Gasteiger partial charge in [0.25, 0.3) is 0 Å². The molecule has 0 bridgehead atoms. The van der Waals surface area contributed by atoms with Gasteiger partial charge in [0.05, 0.1) is 6.10 Å². The average Bonchev–Trinajstić information content (AvgIpc) is 2.72. The Morgan fingerprint density at radius 2 is 2.50 bits per heavy atom. The highest BCUT2D eigenvalue weighted by molar-refractivity contribution is 7.99. The van der Waals surface area contributed by atoms with E-state index in [-0.39, 0.29) is 6.10 Å². The van der Waals surface area contributed by atoms with E-state index >= 15 is 0 Å². The summed E-state index contributed by atoms with van der Waals surface area (Å²) in [6.45, 7) is 0. The Morgan fingerprint density at radius 3 is 3.14 bits per heavy atom. The number of aliphatic hydroxyl groups is 1. The Hall–Kier alpha value is 0.01000. The van der Waals surface area contributed by atoms with E-state index in [0.717, 1.165) is 12.2 Å². The molecule has 14 heavy (non-hydrogen) atoms. The summed E-state index contributed by atoms with van der Waals surface area (Å²) >= 11 is 3.74. The minimum absolute atomic E-state index is 0.124. The van der Waals surface area contributed by atoms with Crippen LogP contribution in [0.1, 0.15) is 17.7 Å². The third-order valence-electron chi connectivity index (χ3n) is 2.73. The zero-order valence-electron chi connectivity index (χ0n) is 8.19. The predicted molar refractivity (Wildman–Crippen MR) is 64.1 cm³/mol. The normalized spacial score (nSPS) is 24.8. The lowest BCUT2D eigenvalue weighted by Crippen LogP contribution is -2.27. The lowest BCUT2D eigenvalue weighted by molar-refractivity contribution is 0.113. The summed E-state index contributed by atoms with van der Waals surface area (Å²) in [6, 6.07) is 4.17. The smallest absolute Gasteiger partial charge is 0.0624 e. The van der Waals surface area contributed by atoms with Gasteiger partial charge in [0.15, 0.2) is 0 Å². The SMILES string of the molecule is OC(Cc1cccs1)C1CCCSC1. The summed E-state index contributed by atoms with van der Waals surface area (Å²) in [5, 5.41) is 12.1. The number of hydrogen-bond donors (Lipinski definition) is 1. The molecule has 0 saturated carbocycles. The van der Waals surface area contributed by atoms with Gasteiger partial charge in [0.1, 0.15) is 0 Å². The predicted octanol–water partition coefficient (Wildman–Crippen LogP) is 2.79. The van der Waals surface area contributed by atoms with Gasteiger partial charge in [-0.3, -0.25) is 0 Å². The van der Waals surface area contributed by atoms with Crippen LogP contribution < -0.4 is 0 Å². The van der Waals surface area contributed by atoms with Crippen LogP contribution >= 0.6 is 23.1 Å². The molecule has 2 rings (SSSR count). The second kappa shape index (κ2) is 5.19. The average molecular weight is 228 g/mol. The maximum atomic E-state index is 10.0. The fourth-order valence-corrected chi connectivity index (χ4v) is 3.86. The second-order valence-corrected chi connectivity index (χ2v) is 6.01. The van der Waals surface area contributed by atoms with Crippen molar-refractivity contribution in [1.29, 1.82) is 0 Å². The molecule has 0 aliphatic carbocycles. The molecule has 0 amide bonds. The molecule has 1 saturated heterocycles. The standard InChI is InChI=1S/C11H16OS2/c12-11(7-10-4-2-6-14-10)9-3-1-5-13-8-9/h2,4,6,9,11-12H,1,3,5,7-8H2. The summed E-state index contributed by atoms with van der Waals surface area (Å²) in [6.07, 6.45) is 3.21. The van der Waals surface area contributed by atoms with Crippen LogP contribution in [0, 0.1) is 5.92 Å². The van der Waals surface area contributed by atoms with E-state index in [1.807, 2.05) is 11.8 Å². The van der Waals surface area contributed by atoms with Gasteiger partial charge >= 0.3 is 0 Å². The first-order valence-corrected chi connectivity index (χ1v) is 7.18. The largest absolute Gasteiger partial charge is 0.392 e. The summed E-state index contributed by atoms with van der Waals surface area (Å²) < 4.78 is 0. The molecule has 1 aliphatic rings. The first-order chi connectivity index (χ1) is 6.86. The van der Waals surface area contributed by atoms with Gasteiger partial charge in [-0.15, -0.1) is 11.3 Å². The maximum Gasteiger partial charge on any atom is 0.0624 e. The molecule has 78 valence electrons. The Morgan fingerprint density at radius 1 is 1.57 bits per heavy atom. The topological polar surface area (TPSA) is 20.2 Å². The van der Waals surface area contributed by atoms with Crippen molar-refractivity contribution in [3.63, 3.8) is 0 Å². The van der Waals surface area contributed by atoms with Gasteiger partial charge in [0, 0.05) is 11.3 Å². The van der Waals surface area contributed by atoms with Crippen LogP contribution in [-0.4, -0.2) is 22.7 Å². The van der Waals surface area contributed by atoms with Crippen molar-refractivity contribution >= 4 is 23.1 Å². The van der Waals surface area contributed by atoms with E-state index in [1.54, 1.807) is 11.3 Å². The van der Waals surface area contributed by atoms with Crippen molar-refractivity contribution < 1.29 is 5.11 Å². The first kappa shape index (κ1) is 10.5. The molecule has 1 fully saturated rings. The van der Waals surface area contributed by atoms with E-state index in [0.29, 0.717) is 5.92 Å². The van der Waals surface area contributed by atoms with Crippen molar-refractivity contribution in [3.8, 4) is 0 Å². The number of hydrogen-bond acceptors (Lipinski definition) is 3. The summed E-state index contributed by atoms with van der Waals surface area (Å²) in [4.78, 5) is 1.31. The van der Waals surface area contributed by atoms with Crippen LogP contribution in [0.5, 0.6) is 0 Å². The minimum atomic E-state index is -0.124. The molecule has 2 heterocycles. The molecule has 2 atom stereocenters. The molecular formula is C11H16OS2. The lowest BCUT2D eigenvalue weighted by atomic mass is 9.96. The molecule has 3 heteroatoms. The number of thioether (sulfide) groups is 1. The molecule has 0 radical (unpaired) electrons. The first-order valence-electron chi connectivity index (χ1n) is 5.14. The van der Waals surface area contributed by atoms with Gasteiger partial charge < -0.3 is 5.11 Å². The van der Waals surface area contributed by atoms with Crippen molar-refractivity contribution in [2.45, 2.75) is 25.4 Å². The van der Waals surface area contributed by atoms with Crippen molar-refractivity contribution in [2.24, 2.45) is 5.92 Å². The van der Waals surface area contributed by atoms with Gasteiger partial charge in [0.2, 0.25) is 0 Å². The Bertz CT molecular complexity index is 252. The van der Waals surface area contributed by atoms with Crippen LogP contribution in [0.15, 0.2) is 17.5 Å². The molecule has 2 unspecified atom stereocenters. The molecule has 1 nitrogen and oxygen atoms in total. The molecule has 0 aromatic carbocycles. The summed E-state index contributed by atoms with van der Waals surface area (Å²) in [7, 11) is 0. The van der Waals surface area contributed by atoms with E-state index in [9.17, 15) is 5.11 Å². The molecule has 1 aliphatic heterocycles. The molecule has 1 N–H and O–H groups in total. The van der Waals surface area contributed by atoms with Crippen LogP contribution in [0.4, 0.5) is 0 Å². The van der Waals surface area contributed by atoms with Crippen molar-refractivity contribution in [3.05, 3.63) is 22.4 Å². The van der Waals surface area contributed by atoms with Gasteiger partial charge in [-0.05, 0) is 41.7 Å². The zero-order chi connectivity index (χ0) is 9.80. The highest BCUT2D eigenvalue weighted by Gasteiger charge is 2.22. The Balaban J connectivity index is 1.85. The minimum Gasteiger partial charge on any atom is -0.392 e. The highest BCUT2D eigenvalue weighted by Crippen LogP contribution is 2.27. The summed E-state index contributed by atoms with van der Waals surface area (Å²) in [5.41, 5.74) is 0. The fourth-order valence-electron chi connectivity index (χ4n) is 1.87. The summed E-state index contributed by atoms with van der Waals surface area (Å²) in [5.74, 6) is 2.95. The van der Waals surface area contributed by atoms with Gasteiger partial charge in [-0.1, -0.05) is 6.07 Å². The fraction of sp³-hybridized carbons (Fsp3) is 0.636. The Kier molecular flexibility index (Phi) is 3.90. The van der Waals surface area contributed by atoms with Crippen LogP contribution in [-0.2, 0) is 6.42 Å². The number of rotatable bonds is 3. The number of thiophene rings is 1. The zero-order valence-corrected chi connectivity index (χ0v) is 9.82. The van der Waals surface area contributed by atoms with E-state index in [1.165, 1.54) is 23.5 Å².